The van der Waals surface area contributed by atoms with Crippen LogP contribution in [-0.2, 0) is 0 Å². The average molecular weight is 419 g/mol. The van der Waals surface area contributed by atoms with E-state index in [0.29, 0.717) is 0 Å². The molecule has 0 N–H and O–H groups in total. The maximum absolute atomic E-state index is 12.3. The van der Waals surface area contributed by atoms with E-state index in [4.69, 9.17) is 0 Å². The van der Waals surface area contributed by atoms with E-state index in [0.717, 1.165) is 0 Å². The molecule has 0 bridgehead atoms. The van der Waals surface area contributed by atoms with Crippen LogP contribution in [0.15, 0.2) is 0 Å². The number of halogens is 15. The Labute approximate surface area is 115 Å². The molecule has 0 aromatic carbocycles. The smallest absolute Gasteiger partial charge is 0.192 e. The minimum atomic E-state index is -8.04. The second-order valence-corrected chi connectivity index (χ2v) is 3.29. The van der Waals surface area contributed by atoms with E-state index in [2.05, 4.69) is 0 Å². The normalized spacial score (nSPS) is 15.7. The first-order valence-electron chi connectivity index (χ1n) is 3.90. The Morgan fingerprint density at radius 1 is 0.286 bits per heavy atom. The molecule has 21 heavy (non-hydrogen) atoms. The van der Waals surface area contributed by atoms with Gasteiger partial charge in [-0.05, 0) is 0 Å². The molecule has 0 aliphatic carbocycles. The molecule has 0 rings (SSSR count). The van der Waals surface area contributed by atoms with Crippen molar-refractivity contribution in [1.82, 2.24) is 0 Å². The van der Waals surface area contributed by atoms with Gasteiger partial charge in [-0.2, -0.15) is 61.5 Å². The molecule has 0 fully saturated rings. The summed E-state index contributed by atoms with van der Waals surface area (Å²) in [6, 6.07) is 0. The lowest BCUT2D eigenvalue weighted by molar-refractivity contribution is -0.451. The Kier molecular flexibility index (Phi) is 5.74. The quantitative estimate of drug-likeness (QED) is 0.550. The van der Waals surface area contributed by atoms with Crippen LogP contribution in [0.2, 0.25) is 0 Å². The first-order chi connectivity index (χ1) is 8.25. The van der Waals surface area contributed by atoms with Crippen LogP contribution in [0.4, 0.5) is 61.5 Å². The first-order valence-corrected chi connectivity index (χ1v) is 3.90. The molecule has 0 aromatic heterocycles. The molecule has 0 radical (unpaired) electrons. The predicted molar refractivity (Wildman–Crippen MR) is 42.2 cm³/mol. The number of hydrogen-bond acceptors (Lipinski definition) is 0. The van der Waals surface area contributed by atoms with Gasteiger partial charge in [0.25, 0.3) is 0 Å². The molecule has 0 atom stereocenters. The van der Waals surface area contributed by atoms with Crippen molar-refractivity contribution in [3.8, 4) is 0 Å². The number of alkyl halides is 14. The standard InChI is InChI=1S/C6F14.BrH/c7-1(8,3(11,12)5(15,16)17)2(9,10)4(13,14)6(18,19)20;/h;1H. The summed E-state index contributed by atoms with van der Waals surface area (Å²) in [5, 5.41) is 0. The van der Waals surface area contributed by atoms with Gasteiger partial charge in [-0.25, -0.2) is 0 Å². The molecule has 0 spiro atoms. The fourth-order valence-electron chi connectivity index (χ4n) is 0.750. The van der Waals surface area contributed by atoms with E-state index in [1.807, 2.05) is 0 Å². The van der Waals surface area contributed by atoms with Crippen LogP contribution in [0.1, 0.15) is 0 Å². The molecule has 0 heterocycles. The van der Waals surface area contributed by atoms with Crippen molar-refractivity contribution >= 4 is 17.0 Å². The van der Waals surface area contributed by atoms with E-state index in [-0.39, 0.29) is 17.0 Å². The molecule has 0 saturated heterocycles. The van der Waals surface area contributed by atoms with E-state index in [9.17, 15) is 61.5 Å². The predicted octanol–water partition coefficient (Wildman–Crippen LogP) is 5.23. The second-order valence-electron chi connectivity index (χ2n) is 3.29. The second kappa shape index (κ2) is 5.30. The van der Waals surface area contributed by atoms with Crippen molar-refractivity contribution < 1.29 is 61.5 Å². The molecule has 0 aliphatic rings. The highest BCUT2D eigenvalue weighted by atomic mass is 79.9. The van der Waals surface area contributed by atoms with Crippen molar-refractivity contribution in [2.24, 2.45) is 0 Å². The SMILES string of the molecule is Br.FC(F)(F)C(F)(F)C(F)(F)C(F)(F)C(F)(F)C(F)(F)F. The third kappa shape index (κ3) is 3.02. The zero-order valence-electron chi connectivity index (χ0n) is 8.70. The summed E-state index contributed by atoms with van der Waals surface area (Å²) in [5.41, 5.74) is 0. The van der Waals surface area contributed by atoms with Gasteiger partial charge < -0.3 is 0 Å². The lowest BCUT2D eigenvalue weighted by Crippen LogP contribution is -2.69. The molecule has 0 aliphatic heterocycles. The van der Waals surface area contributed by atoms with Crippen LogP contribution in [0.25, 0.3) is 0 Å². The summed E-state index contributed by atoms with van der Waals surface area (Å²) in [6.07, 6.45) is -15.0. The highest BCUT2D eigenvalue weighted by Gasteiger charge is 2.91. The van der Waals surface area contributed by atoms with Gasteiger partial charge in [-0.3, -0.25) is 0 Å². The van der Waals surface area contributed by atoms with Gasteiger partial charge in [0.1, 0.15) is 0 Å². The minimum Gasteiger partial charge on any atom is -0.192 e. The van der Waals surface area contributed by atoms with Gasteiger partial charge in [-0.15, -0.1) is 17.0 Å². The van der Waals surface area contributed by atoms with Crippen molar-refractivity contribution in [2.45, 2.75) is 36.0 Å². The van der Waals surface area contributed by atoms with Crippen molar-refractivity contribution in [3.05, 3.63) is 0 Å². The largest absolute Gasteiger partial charge is 0.460 e. The maximum atomic E-state index is 12.3. The van der Waals surface area contributed by atoms with Crippen LogP contribution in [0, 0.1) is 0 Å². The zero-order chi connectivity index (χ0) is 17.0. The summed E-state index contributed by atoms with van der Waals surface area (Å²) < 4.78 is 166. The minimum absolute atomic E-state index is 0. The molecular weight excluding hydrogens is 418 g/mol. The van der Waals surface area contributed by atoms with Gasteiger partial charge in [0, 0.05) is 0 Å². The summed E-state index contributed by atoms with van der Waals surface area (Å²) in [6.45, 7) is 0. The van der Waals surface area contributed by atoms with Crippen LogP contribution < -0.4 is 0 Å². The Hall–Kier alpha value is -0.500. The van der Waals surface area contributed by atoms with E-state index < -0.39 is 36.0 Å². The zero-order valence-corrected chi connectivity index (χ0v) is 10.4. The van der Waals surface area contributed by atoms with Gasteiger partial charge in [0.2, 0.25) is 0 Å². The lowest BCUT2D eigenvalue weighted by Gasteiger charge is -2.37. The molecule has 0 amide bonds. The summed E-state index contributed by atoms with van der Waals surface area (Å²) in [5.74, 6) is -31.7. The van der Waals surface area contributed by atoms with Gasteiger partial charge >= 0.3 is 36.0 Å². The van der Waals surface area contributed by atoms with Gasteiger partial charge in [0.15, 0.2) is 0 Å². The molecule has 0 nitrogen and oxygen atoms in total. The fourth-order valence-corrected chi connectivity index (χ4v) is 0.750. The number of hydrogen-bond donors (Lipinski definition) is 0. The molecule has 15 heteroatoms. The average Bonchev–Trinajstić information content (AvgIpc) is 2.12. The third-order valence-electron chi connectivity index (χ3n) is 1.90. The Bertz CT molecular complexity index is 325. The Morgan fingerprint density at radius 2 is 0.429 bits per heavy atom. The van der Waals surface area contributed by atoms with Gasteiger partial charge in [0.05, 0.1) is 0 Å². The number of rotatable bonds is 3. The molecule has 0 saturated carbocycles. The fraction of sp³-hybridized carbons (Fsp3) is 1.00. The molecular formula is C6HBrF14. The Balaban J connectivity index is 0. The highest BCUT2D eigenvalue weighted by Crippen LogP contribution is 2.60. The van der Waals surface area contributed by atoms with Crippen LogP contribution >= 0.6 is 17.0 Å². The van der Waals surface area contributed by atoms with Crippen LogP contribution in [-0.4, -0.2) is 36.0 Å². The van der Waals surface area contributed by atoms with Crippen LogP contribution in [0.5, 0.6) is 0 Å². The topological polar surface area (TPSA) is 0 Å². The molecule has 0 aromatic rings. The van der Waals surface area contributed by atoms with Crippen molar-refractivity contribution in [1.29, 1.82) is 0 Å². The molecule has 130 valence electrons. The third-order valence-corrected chi connectivity index (χ3v) is 1.90. The maximum Gasteiger partial charge on any atom is 0.460 e. The molecule has 0 unspecified atom stereocenters. The lowest BCUT2D eigenvalue weighted by atomic mass is 9.98. The van der Waals surface area contributed by atoms with E-state index in [1.54, 1.807) is 0 Å². The van der Waals surface area contributed by atoms with Crippen LogP contribution in [0.3, 0.4) is 0 Å². The summed E-state index contributed by atoms with van der Waals surface area (Å²) in [7, 11) is 0. The summed E-state index contributed by atoms with van der Waals surface area (Å²) in [4.78, 5) is 0. The van der Waals surface area contributed by atoms with Crippen molar-refractivity contribution in [3.63, 3.8) is 0 Å². The first kappa shape index (κ1) is 22.8. The highest BCUT2D eigenvalue weighted by molar-refractivity contribution is 8.93. The monoisotopic (exact) mass is 418 g/mol. The Morgan fingerprint density at radius 3 is 0.524 bits per heavy atom. The van der Waals surface area contributed by atoms with Gasteiger partial charge in [-0.1, -0.05) is 0 Å². The van der Waals surface area contributed by atoms with Crippen molar-refractivity contribution in [2.75, 3.05) is 0 Å². The summed E-state index contributed by atoms with van der Waals surface area (Å²) >= 11 is 0. The van der Waals surface area contributed by atoms with E-state index >= 15 is 0 Å². The van der Waals surface area contributed by atoms with E-state index in [1.165, 1.54) is 0 Å².